The topological polar surface area (TPSA) is 99.9 Å². The van der Waals surface area contributed by atoms with Crippen molar-refractivity contribution in [1.82, 2.24) is 30.1 Å². The van der Waals surface area contributed by atoms with E-state index >= 15 is 0 Å². The molecule has 0 aliphatic carbocycles. The van der Waals surface area contributed by atoms with E-state index in [1.54, 1.807) is 0 Å². The Labute approximate surface area is 199 Å². The number of aryl methyl sites for hydroxylation is 3. The van der Waals surface area contributed by atoms with Crippen molar-refractivity contribution in [2.45, 2.75) is 52.2 Å². The number of H-pyrrole nitrogens is 1. The molecule has 2 N–H and O–H groups in total. The summed E-state index contributed by atoms with van der Waals surface area (Å²) in [5.74, 6) is 0.782. The van der Waals surface area contributed by atoms with Gasteiger partial charge >= 0.3 is 0 Å². The highest BCUT2D eigenvalue weighted by Gasteiger charge is 2.25. The van der Waals surface area contributed by atoms with E-state index in [0.29, 0.717) is 31.6 Å². The second-order valence-corrected chi connectivity index (χ2v) is 8.68. The summed E-state index contributed by atoms with van der Waals surface area (Å²) in [5, 5.41) is 23.1. The van der Waals surface area contributed by atoms with Crippen LogP contribution in [0, 0.1) is 6.92 Å². The first-order valence-corrected chi connectivity index (χ1v) is 11.9. The fraction of sp³-hybridized carbons (Fsp3) is 0.385. The Balaban J connectivity index is 1.60. The van der Waals surface area contributed by atoms with Crippen LogP contribution in [0.2, 0.25) is 0 Å². The molecular weight excluding hydrogens is 428 g/mol. The van der Waals surface area contributed by atoms with Crippen LogP contribution in [0.15, 0.2) is 59.4 Å². The van der Waals surface area contributed by atoms with Crippen LogP contribution in [0.25, 0.3) is 10.9 Å². The Bertz CT molecular complexity index is 1270. The maximum absolute atomic E-state index is 12.9. The number of hydrogen-bond donors (Lipinski definition) is 2. The zero-order valence-corrected chi connectivity index (χ0v) is 19.8. The third kappa shape index (κ3) is 5.58. The molecule has 0 radical (unpaired) electrons. The molecule has 1 atom stereocenters. The Morgan fingerprint density at radius 1 is 1.15 bits per heavy atom. The van der Waals surface area contributed by atoms with Gasteiger partial charge in [0, 0.05) is 37.3 Å². The summed E-state index contributed by atoms with van der Waals surface area (Å²) in [6, 6.07) is 18.2. The van der Waals surface area contributed by atoms with Crippen LogP contribution in [0.4, 0.5) is 0 Å². The molecular formula is C26H32N6O2. The molecule has 4 aromatic rings. The van der Waals surface area contributed by atoms with Gasteiger partial charge in [0.1, 0.15) is 0 Å². The molecule has 0 saturated carbocycles. The molecule has 2 aromatic carbocycles. The lowest BCUT2D eigenvalue weighted by Crippen LogP contribution is -2.34. The van der Waals surface area contributed by atoms with Crippen LogP contribution in [0.5, 0.6) is 0 Å². The average molecular weight is 461 g/mol. The van der Waals surface area contributed by atoms with E-state index in [-0.39, 0.29) is 18.2 Å². The third-order valence-corrected chi connectivity index (χ3v) is 6.19. The number of benzene rings is 2. The summed E-state index contributed by atoms with van der Waals surface area (Å²) in [4.78, 5) is 18.1. The average Bonchev–Trinajstić information content (AvgIpc) is 3.31. The molecule has 8 nitrogen and oxygen atoms in total. The fourth-order valence-electron chi connectivity index (χ4n) is 4.42. The molecule has 8 heteroatoms. The maximum Gasteiger partial charge on any atom is 0.252 e. The number of nitrogens with zero attached hydrogens (tertiary/aromatic N) is 5. The number of nitrogens with one attached hydrogen (secondary N) is 1. The zero-order chi connectivity index (χ0) is 23.9. The lowest BCUT2D eigenvalue weighted by molar-refractivity contribution is 0.152. The minimum absolute atomic E-state index is 0.0788. The summed E-state index contributed by atoms with van der Waals surface area (Å²) in [7, 11) is 0. The molecule has 0 saturated heterocycles. The van der Waals surface area contributed by atoms with Crippen LogP contribution < -0.4 is 5.56 Å². The van der Waals surface area contributed by atoms with E-state index in [2.05, 4.69) is 50.5 Å². The van der Waals surface area contributed by atoms with Crippen LogP contribution >= 0.6 is 0 Å². The highest BCUT2D eigenvalue weighted by molar-refractivity contribution is 5.79. The molecule has 0 amide bonds. The predicted molar refractivity (Wildman–Crippen MR) is 132 cm³/mol. The van der Waals surface area contributed by atoms with Crippen molar-refractivity contribution in [3.05, 3.63) is 87.5 Å². The number of rotatable bonds is 11. The standard InChI is InChI=1S/C26H32N6O2/c1-3-24(25-28-29-30-32(25)14-12-20-8-5-4-6-9-20)31(13-7-15-33)18-22-17-21-16-19(2)10-11-23(21)27-26(22)34/h4-6,8-11,16-17,24,33H,3,7,12-15,18H2,1-2H3,(H,27,34)/t24-/m1/s1. The van der Waals surface area contributed by atoms with Gasteiger partial charge in [0.15, 0.2) is 5.82 Å². The van der Waals surface area contributed by atoms with Gasteiger partial charge in [-0.25, -0.2) is 4.68 Å². The smallest absolute Gasteiger partial charge is 0.252 e. The van der Waals surface area contributed by atoms with Gasteiger partial charge in [0.25, 0.3) is 5.56 Å². The third-order valence-electron chi connectivity index (χ3n) is 6.19. The summed E-state index contributed by atoms with van der Waals surface area (Å²) >= 11 is 0. The zero-order valence-electron chi connectivity index (χ0n) is 19.8. The van der Waals surface area contributed by atoms with E-state index in [9.17, 15) is 9.90 Å². The summed E-state index contributed by atoms with van der Waals surface area (Å²) in [6.45, 7) is 5.97. The first-order chi connectivity index (χ1) is 16.6. The Hall–Kier alpha value is -3.36. The van der Waals surface area contributed by atoms with E-state index in [1.165, 1.54) is 5.56 Å². The number of fused-ring (bicyclic) bond motifs is 1. The Morgan fingerprint density at radius 2 is 1.97 bits per heavy atom. The Morgan fingerprint density at radius 3 is 2.74 bits per heavy atom. The first-order valence-electron chi connectivity index (χ1n) is 11.9. The van der Waals surface area contributed by atoms with Crippen LogP contribution in [-0.4, -0.2) is 48.3 Å². The van der Waals surface area contributed by atoms with Gasteiger partial charge < -0.3 is 10.1 Å². The van der Waals surface area contributed by atoms with Gasteiger partial charge in [-0.3, -0.25) is 9.69 Å². The SMILES string of the molecule is CC[C@H](c1nnnn1CCc1ccccc1)N(CCCO)Cc1cc2cc(C)ccc2[nH]c1=O. The number of tetrazole rings is 1. The highest BCUT2D eigenvalue weighted by Crippen LogP contribution is 2.25. The summed E-state index contributed by atoms with van der Waals surface area (Å²) in [6.07, 6.45) is 2.21. The van der Waals surface area contributed by atoms with Crippen molar-refractivity contribution in [1.29, 1.82) is 0 Å². The van der Waals surface area contributed by atoms with Crippen LogP contribution in [0.3, 0.4) is 0 Å². The second-order valence-electron chi connectivity index (χ2n) is 8.68. The molecule has 0 fully saturated rings. The number of aliphatic hydroxyl groups is 1. The van der Waals surface area contributed by atoms with Crippen molar-refractivity contribution >= 4 is 10.9 Å². The number of aliphatic hydroxyl groups excluding tert-OH is 1. The minimum Gasteiger partial charge on any atom is -0.396 e. The largest absolute Gasteiger partial charge is 0.396 e. The molecule has 4 rings (SSSR count). The van der Waals surface area contributed by atoms with Crippen molar-refractivity contribution < 1.29 is 5.11 Å². The molecule has 34 heavy (non-hydrogen) atoms. The van der Waals surface area contributed by atoms with E-state index < -0.39 is 0 Å². The number of aromatic nitrogens is 5. The van der Waals surface area contributed by atoms with Gasteiger partial charge in [-0.2, -0.15) is 0 Å². The number of aromatic amines is 1. The van der Waals surface area contributed by atoms with Crippen molar-refractivity contribution in [3.63, 3.8) is 0 Å². The molecule has 0 aliphatic heterocycles. The maximum atomic E-state index is 12.9. The second kappa shape index (κ2) is 11.2. The van der Waals surface area contributed by atoms with Gasteiger partial charge in [-0.1, -0.05) is 48.9 Å². The van der Waals surface area contributed by atoms with E-state index in [1.807, 2.05) is 48.0 Å². The molecule has 0 bridgehead atoms. The van der Waals surface area contributed by atoms with Crippen molar-refractivity contribution in [2.24, 2.45) is 0 Å². The van der Waals surface area contributed by atoms with E-state index in [4.69, 9.17) is 0 Å². The minimum atomic E-state index is -0.0936. The number of hydrogen-bond acceptors (Lipinski definition) is 6. The molecule has 0 aliphatic rings. The van der Waals surface area contributed by atoms with Crippen molar-refractivity contribution in [3.8, 4) is 0 Å². The fourth-order valence-corrected chi connectivity index (χ4v) is 4.42. The van der Waals surface area contributed by atoms with Crippen LogP contribution in [0.1, 0.15) is 48.3 Å². The van der Waals surface area contributed by atoms with E-state index in [0.717, 1.165) is 35.1 Å². The normalized spacial score (nSPS) is 12.5. The molecule has 0 spiro atoms. The highest BCUT2D eigenvalue weighted by atomic mass is 16.3. The van der Waals surface area contributed by atoms with Gasteiger partial charge in [-0.05, 0) is 65.8 Å². The first kappa shape index (κ1) is 23.8. The quantitative estimate of drug-likeness (QED) is 0.356. The summed E-state index contributed by atoms with van der Waals surface area (Å²) in [5.41, 5.74) is 3.80. The van der Waals surface area contributed by atoms with Gasteiger partial charge in [-0.15, -0.1) is 5.10 Å². The Kier molecular flexibility index (Phi) is 7.82. The monoisotopic (exact) mass is 460 g/mol. The van der Waals surface area contributed by atoms with Gasteiger partial charge in [0.2, 0.25) is 0 Å². The molecule has 0 unspecified atom stereocenters. The molecule has 178 valence electrons. The number of pyridine rings is 1. The predicted octanol–water partition coefficient (Wildman–Crippen LogP) is 3.40. The van der Waals surface area contributed by atoms with Crippen molar-refractivity contribution in [2.75, 3.05) is 13.2 Å². The van der Waals surface area contributed by atoms with Crippen LogP contribution in [-0.2, 0) is 19.5 Å². The lowest BCUT2D eigenvalue weighted by Gasteiger charge is -2.30. The molecule has 2 heterocycles. The van der Waals surface area contributed by atoms with Gasteiger partial charge in [0.05, 0.1) is 6.04 Å². The summed E-state index contributed by atoms with van der Waals surface area (Å²) < 4.78 is 1.86. The molecule has 2 aromatic heterocycles. The lowest BCUT2D eigenvalue weighted by atomic mass is 10.1.